The van der Waals surface area contributed by atoms with Gasteiger partial charge in [0, 0.05) is 25.9 Å². The number of likely N-dealkylation sites (tertiary alicyclic amines) is 1. The second kappa shape index (κ2) is 6.23. The Balaban J connectivity index is 2.34. The van der Waals surface area contributed by atoms with E-state index in [2.05, 4.69) is 5.32 Å². The van der Waals surface area contributed by atoms with E-state index in [1.165, 1.54) is 4.90 Å². The van der Waals surface area contributed by atoms with Crippen LogP contribution in [0.4, 0.5) is 4.79 Å². The molecule has 1 aliphatic rings. The monoisotopic (exact) mass is 292 g/mol. The predicted molar refractivity (Wildman–Crippen MR) is 69.6 cm³/mol. The molecule has 0 aromatic carbocycles. The number of carbonyl (C=O) groups excluding carboxylic acids is 1. The van der Waals surface area contributed by atoms with Gasteiger partial charge in [-0.05, 0) is 12.3 Å². The Labute approximate surface area is 112 Å². The fourth-order valence-electron chi connectivity index (χ4n) is 2.10. The maximum absolute atomic E-state index is 11.8. The lowest BCUT2D eigenvalue weighted by molar-refractivity contribution is -0.142. The van der Waals surface area contributed by atoms with E-state index in [0.717, 1.165) is 6.26 Å². The molecule has 0 saturated carbocycles. The molecule has 0 bridgehead atoms. The zero-order chi connectivity index (χ0) is 14.6. The number of hydrogen-bond donors (Lipinski definition) is 2. The average Bonchev–Trinajstić information content (AvgIpc) is 2.65. The molecule has 2 unspecified atom stereocenters. The van der Waals surface area contributed by atoms with Crippen LogP contribution < -0.4 is 5.32 Å². The standard InChI is InChI=1S/C11H20N2O5S/c1-8-6-13(7-9(8)10(14)15)11(16)12-4-3-5-19(2,17)18/h8-9H,3-7H2,1-2H3,(H,12,16)(H,14,15). The van der Waals surface area contributed by atoms with E-state index in [-0.39, 0.29) is 30.8 Å². The maximum Gasteiger partial charge on any atom is 0.317 e. The van der Waals surface area contributed by atoms with E-state index in [9.17, 15) is 18.0 Å². The zero-order valence-corrected chi connectivity index (χ0v) is 11.9. The lowest BCUT2D eigenvalue weighted by Crippen LogP contribution is -2.39. The van der Waals surface area contributed by atoms with E-state index in [0.29, 0.717) is 13.0 Å². The molecule has 1 aliphatic heterocycles. The molecule has 2 N–H and O–H groups in total. The molecule has 1 rings (SSSR count). The van der Waals surface area contributed by atoms with Crippen molar-refractivity contribution in [3.05, 3.63) is 0 Å². The highest BCUT2D eigenvalue weighted by molar-refractivity contribution is 7.90. The number of carbonyl (C=O) groups is 2. The normalized spacial score (nSPS) is 23.4. The summed E-state index contributed by atoms with van der Waals surface area (Å²) in [6, 6.07) is -0.330. The second-order valence-electron chi connectivity index (χ2n) is 5.04. The molecule has 1 heterocycles. The number of nitrogens with zero attached hydrogens (tertiary/aromatic N) is 1. The molecule has 0 aromatic rings. The smallest absolute Gasteiger partial charge is 0.317 e. The highest BCUT2D eigenvalue weighted by atomic mass is 32.2. The number of amides is 2. The number of rotatable bonds is 5. The van der Waals surface area contributed by atoms with Gasteiger partial charge in [0.15, 0.2) is 0 Å². The number of nitrogens with one attached hydrogen (secondary N) is 1. The van der Waals surface area contributed by atoms with Crippen LogP contribution in [0.15, 0.2) is 0 Å². The molecule has 0 aliphatic carbocycles. The van der Waals surface area contributed by atoms with Crippen LogP contribution in [0, 0.1) is 11.8 Å². The third kappa shape index (κ3) is 5.06. The minimum Gasteiger partial charge on any atom is -0.481 e. The molecular formula is C11H20N2O5S. The number of sulfone groups is 1. The Morgan fingerprint density at radius 3 is 2.47 bits per heavy atom. The highest BCUT2D eigenvalue weighted by Gasteiger charge is 2.36. The van der Waals surface area contributed by atoms with Gasteiger partial charge in [-0.2, -0.15) is 0 Å². The van der Waals surface area contributed by atoms with E-state index < -0.39 is 21.7 Å². The Hall–Kier alpha value is -1.31. The van der Waals surface area contributed by atoms with Gasteiger partial charge in [0.25, 0.3) is 0 Å². The van der Waals surface area contributed by atoms with Gasteiger partial charge in [0.2, 0.25) is 0 Å². The van der Waals surface area contributed by atoms with Crippen molar-refractivity contribution in [2.75, 3.05) is 31.6 Å². The minimum absolute atomic E-state index is 0.0292. The molecule has 1 fully saturated rings. The van der Waals surface area contributed by atoms with Crippen LogP contribution >= 0.6 is 0 Å². The number of hydrogen-bond acceptors (Lipinski definition) is 4. The Kier molecular flexibility index (Phi) is 5.16. The van der Waals surface area contributed by atoms with Gasteiger partial charge in [0.05, 0.1) is 11.7 Å². The van der Waals surface area contributed by atoms with Gasteiger partial charge in [-0.15, -0.1) is 0 Å². The Morgan fingerprint density at radius 2 is 2.00 bits per heavy atom. The molecule has 2 amide bonds. The first kappa shape index (κ1) is 15.7. The summed E-state index contributed by atoms with van der Waals surface area (Å²) in [4.78, 5) is 24.1. The van der Waals surface area contributed by atoms with E-state index in [4.69, 9.17) is 5.11 Å². The third-order valence-electron chi connectivity index (χ3n) is 3.18. The van der Waals surface area contributed by atoms with Gasteiger partial charge in [-0.1, -0.05) is 6.92 Å². The Bertz CT molecular complexity index is 448. The highest BCUT2D eigenvalue weighted by Crippen LogP contribution is 2.22. The molecule has 1 saturated heterocycles. The summed E-state index contributed by atoms with van der Waals surface area (Å²) in [6.45, 7) is 2.69. The number of urea groups is 1. The van der Waals surface area contributed by atoms with E-state index in [1.54, 1.807) is 6.92 Å². The van der Waals surface area contributed by atoms with Crippen LogP contribution in [-0.4, -0.2) is 62.1 Å². The van der Waals surface area contributed by atoms with E-state index >= 15 is 0 Å². The lowest BCUT2D eigenvalue weighted by Gasteiger charge is -2.16. The summed E-state index contributed by atoms with van der Waals surface area (Å²) >= 11 is 0. The molecule has 2 atom stereocenters. The summed E-state index contributed by atoms with van der Waals surface area (Å²) in [6.07, 6.45) is 1.50. The topological polar surface area (TPSA) is 104 Å². The van der Waals surface area contributed by atoms with Crippen LogP contribution in [0.3, 0.4) is 0 Å². The van der Waals surface area contributed by atoms with Gasteiger partial charge in [-0.25, -0.2) is 13.2 Å². The van der Waals surface area contributed by atoms with Crippen LogP contribution in [0.1, 0.15) is 13.3 Å². The van der Waals surface area contributed by atoms with E-state index in [1.807, 2.05) is 0 Å². The average molecular weight is 292 g/mol. The minimum atomic E-state index is -3.01. The maximum atomic E-state index is 11.8. The third-order valence-corrected chi connectivity index (χ3v) is 4.22. The summed E-state index contributed by atoms with van der Waals surface area (Å²) < 4.78 is 21.8. The fourth-order valence-corrected chi connectivity index (χ4v) is 2.76. The van der Waals surface area contributed by atoms with Crippen molar-refractivity contribution in [3.8, 4) is 0 Å². The van der Waals surface area contributed by atoms with Crippen molar-refractivity contribution in [2.45, 2.75) is 13.3 Å². The SMILES string of the molecule is CC1CN(C(=O)NCCCS(C)(=O)=O)CC1C(=O)O. The van der Waals surface area contributed by atoms with Crippen molar-refractivity contribution in [3.63, 3.8) is 0 Å². The first-order valence-corrected chi connectivity index (χ1v) is 8.20. The quantitative estimate of drug-likeness (QED) is 0.682. The second-order valence-corrected chi connectivity index (χ2v) is 7.30. The van der Waals surface area contributed by atoms with Crippen LogP contribution in [-0.2, 0) is 14.6 Å². The van der Waals surface area contributed by atoms with Gasteiger partial charge < -0.3 is 15.3 Å². The fraction of sp³-hybridized carbons (Fsp3) is 0.818. The first-order chi connectivity index (χ1) is 8.70. The summed E-state index contributed by atoms with van der Waals surface area (Å²) in [5.41, 5.74) is 0. The first-order valence-electron chi connectivity index (χ1n) is 6.14. The van der Waals surface area contributed by atoms with Gasteiger partial charge in [0.1, 0.15) is 9.84 Å². The molecule has 19 heavy (non-hydrogen) atoms. The number of carboxylic acids is 1. The Morgan fingerprint density at radius 1 is 1.37 bits per heavy atom. The molecular weight excluding hydrogens is 272 g/mol. The summed E-state index contributed by atoms with van der Waals surface area (Å²) in [7, 11) is -3.01. The predicted octanol–water partition coefficient (Wildman–Crippen LogP) is -0.217. The molecule has 7 nitrogen and oxygen atoms in total. The van der Waals surface area contributed by atoms with Crippen LogP contribution in [0.25, 0.3) is 0 Å². The molecule has 0 radical (unpaired) electrons. The van der Waals surface area contributed by atoms with Crippen LogP contribution in [0.5, 0.6) is 0 Å². The van der Waals surface area contributed by atoms with Gasteiger partial charge in [-0.3, -0.25) is 4.79 Å². The summed E-state index contributed by atoms with van der Waals surface area (Å²) in [5, 5.41) is 11.6. The van der Waals surface area contributed by atoms with Crippen molar-refractivity contribution in [1.29, 1.82) is 0 Å². The van der Waals surface area contributed by atoms with Crippen molar-refractivity contribution in [1.82, 2.24) is 10.2 Å². The van der Waals surface area contributed by atoms with Gasteiger partial charge >= 0.3 is 12.0 Å². The molecule has 110 valence electrons. The zero-order valence-electron chi connectivity index (χ0n) is 11.1. The largest absolute Gasteiger partial charge is 0.481 e. The molecule has 0 spiro atoms. The summed E-state index contributed by atoms with van der Waals surface area (Å²) in [5.74, 6) is -1.46. The lowest BCUT2D eigenvalue weighted by atomic mass is 9.99. The molecule has 0 aromatic heterocycles. The van der Waals surface area contributed by atoms with Crippen LogP contribution in [0.2, 0.25) is 0 Å². The van der Waals surface area contributed by atoms with Crippen molar-refractivity contribution in [2.24, 2.45) is 11.8 Å². The van der Waals surface area contributed by atoms with Crippen molar-refractivity contribution >= 4 is 21.8 Å². The number of aliphatic carboxylic acids is 1. The number of carboxylic acid groups (broad SMARTS) is 1. The molecule has 8 heteroatoms. The van der Waals surface area contributed by atoms with Crippen molar-refractivity contribution < 1.29 is 23.1 Å².